The monoisotopic (exact) mass is 402 g/mol. The van der Waals surface area contributed by atoms with Gasteiger partial charge in [0.1, 0.15) is 0 Å². The van der Waals surface area contributed by atoms with Crippen molar-refractivity contribution < 1.29 is 54.8 Å². The third-order valence-electron chi connectivity index (χ3n) is 2.15. The second-order valence-electron chi connectivity index (χ2n) is 4.01. The third-order valence-corrected chi connectivity index (χ3v) is 2.15. The number of benzene rings is 1. The van der Waals surface area contributed by atoms with Crippen LogP contribution in [-0.2, 0) is 4.74 Å². The summed E-state index contributed by atoms with van der Waals surface area (Å²) in [6, 6.07) is 2.61. The minimum atomic E-state index is -5.60. The first kappa shape index (κ1) is 23.2. The normalized spacial score (nSPS) is 11.9. The number of phenols is 1. The SMILES string of the molecule is FC(F)C(F)(F)OC(F)(F)C(F)F.O=[N+]([O-])c1ccc(O)c([N+](=O)[O-])c1. The molecule has 0 saturated heterocycles. The zero-order valence-corrected chi connectivity index (χ0v) is 11.8. The molecule has 0 radical (unpaired) electrons. The highest BCUT2D eigenvalue weighted by molar-refractivity contribution is 5.52. The van der Waals surface area contributed by atoms with Gasteiger partial charge in [0.25, 0.3) is 5.69 Å². The van der Waals surface area contributed by atoms with Gasteiger partial charge in [0.05, 0.1) is 15.9 Å². The highest BCUT2D eigenvalue weighted by atomic mass is 19.3. The number of ether oxygens (including phenoxy) is 1. The number of phenolic OH excluding ortho intramolecular Hbond substituents is 1. The molecule has 0 saturated carbocycles. The van der Waals surface area contributed by atoms with E-state index in [9.17, 15) is 55.4 Å². The van der Waals surface area contributed by atoms with E-state index in [1.54, 1.807) is 0 Å². The van der Waals surface area contributed by atoms with Crippen LogP contribution < -0.4 is 0 Å². The fourth-order valence-electron chi connectivity index (χ4n) is 1.04. The molecule has 0 spiro atoms. The molecule has 1 N–H and O–H groups in total. The van der Waals surface area contributed by atoms with E-state index < -0.39 is 52.0 Å². The lowest BCUT2D eigenvalue weighted by molar-refractivity contribution is -0.428. The summed E-state index contributed by atoms with van der Waals surface area (Å²) in [6.07, 6.45) is -20.4. The molecule has 1 rings (SSSR count). The lowest BCUT2D eigenvalue weighted by Gasteiger charge is -2.21. The molecule has 0 aliphatic carbocycles. The Hall–Kier alpha value is -2.78. The van der Waals surface area contributed by atoms with Crippen molar-refractivity contribution in [3.8, 4) is 5.75 Å². The number of non-ortho nitro benzene ring substituents is 1. The van der Waals surface area contributed by atoms with Gasteiger partial charge >= 0.3 is 30.8 Å². The van der Waals surface area contributed by atoms with Crippen LogP contribution in [-0.4, -0.2) is 40.0 Å². The first-order chi connectivity index (χ1) is 11.6. The maximum atomic E-state index is 11.6. The van der Waals surface area contributed by atoms with Crippen molar-refractivity contribution in [3.63, 3.8) is 0 Å². The predicted molar refractivity (Wildman–Crippen MR) is 64.4 cm³/mol. The summed E-state index contributed by atoms with van der Waals surface area (Å²) >= 11 is 0. The van der Waals surface area contributed by atoms with Crippen molar-refractivity contribution in [1.82, 2.24) is 0 Å². The van der Waals surface area contributed by atoms with Gasteiger partial charge in [-0.1, -0.05) is 0 Å². The first-order valence-electron chi connectivity index (χ1n) is 5.75. The minimum absolute atomic E-state index is 0.426. The van der Waals surface area contributed by atoms with Gasteiger partial charge in [0.15, 0.2) is 5.75 Å². The molecule has 0 aliphatic rings. The zero-order valence-electron chi connectivity index (χ0n) is 11.8. The van der Waals surface area contributed by atoms with E-state index in [2.05, 4.69) is 0 Å². The smallest absolute Gasteiger partial charge is 0.421 e. The average Bonchev–Trinajstić information content (AvgIpc) is 2.46. The molecule has 1 aromatic rings. The quantitative estimate of drug-likeness (QED) is 0.438. The highest BCUT2D eigenvalue weighted by Crippen LogP contribution is 2.35. The van der Waals surface area contributed by atoms with Gasteiger partial charge in [-0.05, 0) is 6.07 Å². The van der Waals surface area contributed by atoms with Gasteiger partial charge in [-0.15, -0.1) is 0 Å². The van der Waals surface area contributed by atoms with Crippen LogP contribution in [0.3, 0.4) is 0 Å². The molecule has 0 amide bonds. The number of aromatic hydroxyl groups is 1. The second-order valence-corrected chi connectivity index (χ2v) is 4.01. The number of rotatable bonds is 6. The summed E-state index contributed by atoms with van der Waals surface area (Å²) < 4.78 is 93.1. The Morgan fingerprint density at radius 3 is 1.65 bits per heavy atom. The van der Waals surface area contributed by atoms with Crippen LogP contribution in [0.1, 0.15) is 0 Å². The highest BCUT2D eigenvalue weighted by Gasteiger charge is 2.55. The van der Waals surface area contributed by atoms with Gasteiger partial charge in [-0.2, -0.15) is 17.6 Å². The summed E-state index contributed by atoms with van der Waals surface area (Å²) in [5.41, 5.74) is -1.10. The number of nitro groups is 2. The summed E-state index contributed by atoms with van der Waals surface area (Å²) in [6.45, 7) is 0. The lowest BCUT2D eigenvalue weighted by atomic mass is 10.2. The molecule has 8 nitrogen and oxygen atoms in total. The molecule has 0 atom stereocenters. The number of halogens is 8. The van der Waals surface area contributed by atoms with E-state index in [4.69, 9.17) is 5.11 Å². The van der Waals surface area contributed by atoms with Crippen LogP contribution >= 0.6 is 0 Å². The van der Waals surface area contributed by atoms with E-state index in [1.807, 2.05) is 4.74 Å². The van der Waals surface area contributed by atoms with Gasteiger partial charge in [0, 0.05) is 6.07 Å². The van der Waals surface area contributed by atoms with Crippen molar-refractivity contribution in [3.05, 3.63) is 38.4 Å². The van der Waals surface area contributed by atoms with Crippen molar-refractivity contribution in [2.24, 2.45) is 0 Å². The maximum Gasteiger partial charge on any atom is 0.421 e. The molecule has 0 bridgehead atoms. The molecule has 26 heavy (non-hydrogen) atoms. The van der Waals surface area contributed by atoms with E-state index in [1.165, 1.54) is 0 Å². The van der Waals surface area contributed by atoms with E-state index in [0.29, 0.717) is 6.07 Å². The Kier molecular flexibility index (Phi) is 7.63. The van der Waals surface area contributed by atoms with Crippen molar-refractivity contribution in [2.45, 2.75) is 25.1 Å². The van der Waals surface area contributed by atoms with Crippen molar-refractivity contribution in [2.75, 3.05) is 0 Å². The minimum Gasteiger partial charge on any atom is -0.502 e. The summed E-state index contributed by atoms with van der Waals surface area (Å²) in [5, 5.41) is 29.3. The summed E-state index contributed by atoms with van der Waals surface area (Å²) in [4.78, 5) is 18.7. The predicted octanol–water partition coefficient (Wildman–Crippen LogP) is 3.93. The molecule has 148 valence electrons. The van der Waals surface area contributed by atoms with Gasteiger partial charge in [-0.3, -0.25) is 20.2 Å². The number of nitrogens with zero attached hydrogens (tertiary/aromatic N) is 2. The van der Waals surface area contributed by atoms with Gasteiger partial charge < -0.3 is 5.11 Å². The lowest BCUT2D eigenvalue weighted by Crippen LogP contribution is -2.42. The Morgan fingerprint density at radius 1 is 0.923 bits per heavy atom. The summed E-state index contributed by atoms with van der Waals surface area (Å²) in [5.74, 6) is -0.587. The second kappa shape index (κ2) is 8.54. The Bertz CT molecular complexity index is 638. The molecule has 0 fully saturated rings. The Balaban J connectivity index is 0.000000481. The Morgan fingerprint density at radius 2 is 1.35 bits per heavy atom. The molecule has 0 heterocycles. The zero-order chi connectivity index (χ0) is 20.9. The third kappa shape index (κ3) is 6.61. The number of alkyl halides is 8. The van der Waals surface area contributed by atoms with Crippen LogP contribution in [0.15, 0.2) is 18.2 Å². The first-order valence-corrected chi connectivity index (χ1v) is 5.75. The maximum absolute atomic E-state index is 11.6. The molecule has 16 heteroatoms. The van der Waals surface area contributed by atoms with Gasteiger partial charge in [0.2, 0.25) is 0 Å². The van der Waals surface area contributed by atoms with Crippen LogP contribution in [0.25, 0.3) is 0 Å². The van der Waals surface area contributed by atoms with Crippen LogP contribution in [0, 0.1) is 20.2 Å². The molecule has 0 aromatic heterocycles. The molecule has 0 aliphatic heterocycles. The van der Waals surface area contributed by atoms with Crippen LogP contribution in [0.5, 0.6) is 5.75 Å². The molecule has 1 aromatic carbocycles. The van der Waals surface area contributed by atoms with Crippen molar-refractivity contribution >= 4 is 11.4 Å². The fraction of sp³-hybridized carbons (Fsp3) is 0.400. The average molecular weight is 402 g/mol. The topological polar surface area (TPSA) is 116 Å². The number of nitro benzene ring substituents is 2. The van der Waals surface area contributed by atoms with E-state index in [-0.39, 0.29) is 0 Å². The molecular weight excluding hydrogens is 396 g/mol. The van der Waals surface area contributed by atoms with Gasteiger partial charge in [-0.25, -0.2) is 22.3 Å². The molecule has 0 unspecified atom stereocenters. The van der Waals surface area contributed by atoms with E-state index >= 15 is 0 Å². The van der Waals surface area contributed by atoms with E-state index in [0.717, 1.165) is 12.1 Å². The summed E-state index contributed by atoms with van der Waals surface area (Å²) in [7, 11) is 0. The largest absolute Gasteiger partial charge is 0.502 e. The Labute approximate surface area is 136 Å². The number of hydrogen-bond acceptors (Lipinski definition) is 6. The standard InChI is InChI=1S/C6H4N2O5.C4H2F8O/c9-6-2-1-4(7(10)11)3-5(6)8(12)13;5-1(6)3(9,10)13-4(11,12)2(7)8/h1-3,9H;1-2H. The van der Waals surface area contributed by atoms with Crippen molar-refractivity contribution in [1.29, 1.82) is 0 Å². The number of hydrogen-bond donors (Lipinski definition) is 1. The van der Waals surface area contributed by atoms with Crippen LogP contribution in [0.4, 0.5) is 46.5 Å². The fourth-order valence-corrected chi connectivity index (χ4v) is 1.04. The van der Waals surface area contributed by atoms with Crippen LogP contribution in [0.2, 0.25) is 0 Å². The molecular formula is C10H6F8N2O6.